The van der Waals surface area contributed by atoms with E-state index in [0.717, 1.165) is 17.3 Å². The summed E-state index contributed by atoms with van der Waals surface area (Å²) in [6.07, 6.45) is 0. The third-order valence-electron chi connectivity index (χ3n) is 2.20. The predicted octanol–water partition coefficient (Wildman–Crippen LogP) is -3.78. The van der Waals surface area contributed by atoms with Gasteiger partial charge in [-0.25, -0.2) is 0 Å². The van der Waals surface area contributed by atoms with Gasteiger partial charge in [0.2, 0.25) is 0 Å². The van der Waals surface area contributed by atoms with Gasteiger partial charge in [0, 0.05) is 11.3 Å². The van der Waals surface area contributed by atoms with Crippen molar-refractivity contribution in [3.05, 3.63) is 29.8 Å². The number of anilines is 1. The molecule has 0 saturated heterocycles. The summed E-state index contributed by atoms with van der Waals surface area (Å²) in [5.41, 5.74) is 0.941. The van der Waals surface area contributed by atoms with Crippen LogP contribution in [-0.4, -0.2) is 17.4 Å². The molecule has 0 saturated carbocycles. The van der Waals surface area contributed by atoms with Gasteiger partial charge in [-0.3, -0.25) is 16.3 Å². The van der Waals surface area contributed by atoms with Crippen molar-refractivity contribution in [2.75, 3.05) is 12.4 Å². The minimum absolute atomic E-state index is 0. The molecule has 94 valence electrons. The third-order valence-corrected chi connectivity index (χ3v) is 3.69. The first-order valence-electron chi connectivity index (χ1n) is 4.91. The molecule has 0 aliphatic rings. The fourth-order valence-corrected chi connectivity index (χ4v) is 2.59. The Bertz CT molecular complexity index is 556. The number of ether oxygens (including phenoxy) is 1. The maximum Gasteiger partial charge on any atom is 1.00 e. The van der Waals surface area contributed by atoms with Gasteiger partial charge in [-0.1, -0.05) is 9.24 Å². The average Bonchev–Trinajstić information content (AvgIpc) is 2.70. The van der Waals surface area contributed by atoms with Gasteiger partial charge in [0.1, 0.15) is 5.75 Å². The first-order chi connectivity index (χ1) is 8.61. The van der Waals surface area contributed by atoms with Crippen LogP contribution in [0.25, 0.3) is 0 Å². The molecule has 0 radical (unpaired) electrons. The maximum atomic E-state index is 12.0. The average molecular weight is 342 g/mol. The van der Waals surface area contributed by atoms with Crippen LogP contribution in [0, 0.1) is 0 Å². The molecule has 1 aromatic carbocycles. The Kier molecular flexibility index (Phi) is 9.82. The van der Waals surface area contributed by atoms with Gasteiger partial charge in [0.05, 0.1) is 7.11 Å². The van der Waals surface area contributed by atoms with Crippen molar-refractivity contribution in [3.63, 3.8) is 0 Å². The second-order valence-electron chi connectivity index (χ2n) is 3.33. The zero-order valence-electron chi connectivity index (χ0n) is 11.3. The minimum atomic E-state index is -0.330. The number of nitrogens with zero attached hydrogens (tertiary/aromatic N) is 1. The quantitative estimate of drug-likeness (QED) is 0.458. The van der Waals surface area contributed by atoms with Gasteiger partial charge in [-0.15, -0.1) is 0 Å². The van der Waals surface area contributed by atoms with Gasteiger partial charge in [-0.2, -0.15) is 0 Å². The Morgan fingerprint density at radius 3 is 2.30 bits per heavy atom. The number of aromatic nitrogens is 1. The molecule has 9 heteroatoms. The molecule has 20 heavy (non-hydrogen) atoms. The smallest absolute Gasteiger partial charge is 0.760 e. The Labute approximate surface area is 176 Å². The standard InChI is InChI=1S/C11H10N2O2S3.2Na/c1-15-7-4-2-6(3-5-7)12-9(14)8-10(16)13-18-11(8)17;;/h2-5,17H,1H3,(H,12,14)(H,13,16);;/q;2*+1/p-2. The van der Waals surface area contributed by atoms with Crippen molar-refractivity contribution in [1.82, 2.24) is 4.37 Å². The van der Waals surface area contributed by atoms with Gasteiger partial charge >= 0.3 is 59.1 Å². The SMILES string of the molecule is COc1ccc(NC(=O)c2c([S-])nsc2[S-])cc1.[Na+].[Na+]. The van der Waals surface area contributed by atoms with E-state index in [1.165, 1.54) is 0 Å². The van der Waals surface area contributed by atoms with Crippen molar-refractivity contribution in [2.45, 2.75) is 9.24 Å². The molecule has 2 rings (SSSR count). The van der Waals surface area contributed by atoms with E-state index in [1.54, 1.807) is 31.4 Å². The molecule has 0 aliphatic heterocycles. The molecule has 4 nitrogen and oxygen atoms in total. The van der Waals surface area contributed by atoms with E-state index in [-0.39, 0.29) is 70.0 Å². The summed E-state index contributed by atoms with van der Waals surface area (Å²) in [5.74, 6) is 0.391. The monoisotopic (exact) mass is 342 g/mol. The summed E-state index contributed by atoms with van der Waals surface area (Å²) in [7, 11) is 1.58. The number of methoxy groups -OCH3 is 1. The summed E-state index contributed by atoms with van der Waals surface area (Å²) in [6.45, 7) is 0. The van der Waals surface area contributed by atoms with E-state index in [2.05, 4.69) is 9.69 Å². The fraction of sp³-hybridized carbons (Fsp3) is 0.0909. The summed E-state index contributed by atoms with van der Waals surface area (Å²) in [6, 6.07) is 6.99. The number of rotatable bonds is 3. The zero-order chi connectivity index (χ0) is 13.1. The second kappa shape index (κ2) is 9.55. The predicted molar refractivity (Wildman–Crippen MR) is 74.3 cm³/mol. The van der Waals surface area contributed by atoms with Gasteiger partial charge in [0.15, 0.2) is 0 Å². The van der Waals surface area contributed by atoms with Crippen molar-refractivity contribution in [3.8, 4) is 5.75 Å². The van der Waals surface area contributed by atoms with E-state index in [1.807, 2.05) is 0 Å². The molecule has 1 amide bonds. The van der Waals surface area contributed by atoms with E-state index >= 15 is 0 Å². The molecule has 0 aliphatic carbocycles. The zero-order valence-corrected chi connectivity index (χ0v) is 17.7. The fourth-order valence-electron chi connectivity index (χ4n) is 1.32. The molecular formula is C11H8N2Na2O2S3. The first kappa shape index (κ1) is 20.6. The summed E-state index contributed by atoms with van der Waals surface area (Å²) in [5, 5.41) is 2.96. The number of hydrogen-bond acceptors (Lipinski definition) is 6. The number of nitrogens with one attached hydrogen (secondary N) is 1. The second-order valence-corrected chi connectivity index (χ2v) is 5.16. The van der Waals surface area contributed by atoms with Gasteiger partial charge in [-0.05, 0) is 24.3 Å². The minimum Gasteiger partial charge on any atom is -0.760 e. The van der Waals surface area contributed by atoms with Crippen LogP contribution in [0.5, 0.6) is 5.75 Å². The number of amides is 1. The summed E-state index contributed by atoms with van der Waals surface area (Å²) < 4.78 is 9.32. The molecule has 1 N–H and O–H groups in total. The molecule has 0 atom stereocenters. The Morgan fingerprint density at radius 2 is 1.85 bits per heavy atom. The van der Waals surface area contributed by atoms with Gasteiger partial charge in [0.25, 0.3) is 5.91 Å². The molecule has 0 spiro atoms. The van der Waals surface area contributed by atoms with Crippen LogP contribution in [0.2, 0.25) is 0 Å². The van der Waals surface area contributed by atoms with E-state index < -0.39 is 0 Å². The van der Waals surface area contributed by atoms with Crippen molar-refractivity contribution in [2.24, 2.45) is 0 Å². The molecular weight excluding hydrogens is 334 g/mol. The van der Waals surface area contributed by atoms with Crippen LogP contribution in [-0.2, 0) is 25.3 Å². The Morgan fingerprint density at radius 1 is 1.25 bits per heavy atom. The topological polar surface area (TPSA) is 51.2 Å². The molecule has 1 heterocycles. The summed E-state index contributed by atoms with van der Waals surface area (Å²) >= 11 is 11.0. The molecule has 2 aromatic rings. The number of carbonyl (C=O) groups is 1. The molecule has 0 bridgehead atoms. The van der Waals surface area contributed by atoms with E-state index in [4.69, 9.17) is 30.0 Å². The normalized spacial score (nSPS) is 9.05. The van der Waals surface area contributed by atoms with Crippen LogP contribution in [0.1, 0.15) is 10.4 Å². The van der Waals surface area contributed by atoms with Crippen LogP contribution >= 0.6 is 11.5 Å². The third kappa shape index (κ3) is 5.08. The maximum absolute atomic E-state index is 12.0. The Hall–Kier alpha value is 0.560. The van der Waals surface area contributed by atoms with Crippen molar-refractivity contribution < 1.29 is 68.6 Å². The first-order valence-corrected chi connectivity index (χ1v) is 6.50. The molecule has 0 fully saturated rings. The molecule has 0 unspecified atom stereocenters. The van der Waals surface area contributed by atoms with Crippen LogP contribution in [0.4, 0.5) is 5.69 Å². The van der Waals surface area contributed by atoms with Crippen molar-refractivity contribution in [1.29, 1.82) is 0 Å². The van der Waals surface area contributed by atoms with Crippen LogP contribution < -0.4 is 69.2 Å². The number of hydrogen-bond donors (Lipinski definition) is 1. The van der Waals surface area contributed by atoms with Crippen molar-refractivity contribution >= 4 is 48.4 Å². The number of benzene rings is 1. The van der Waals surface area contributed by atoms with Crippen LogP contribution in [0.3, 0.4) is 0 Å². The van der Waals surface area contributed by atoms with Crippen LogP contribution in [0.15, 0.2) is 33.5 Å². The molecule has 1 aromatic heterocycles. The Balaban J connectivity index is 0.00000180. The largest absolute Gasteiger partial charge is 1.00 e. The number of carbonyl (C=O) groups excluding carboxylic acids is 1. The van der Waals surface area contributed by atoms with Gasteiger partial charge < -0.3 is 39.7 Å². The van der Waals surface area contributed by atoms with E-state index in [0.29, 0.717) is 15.5 Å². The summed E-state index contributed by atoms with van der Waals surface area (Å²) in [4.78, 5) is 12.0. The van der Waals surface area contributed by atoms with E-state index in [9.17, 15) is 4.79 Å².